The van der Waals surface area contributed by atoms with E-state index in [4.69, 9.17) is 0 Å². The van der Waals surface area contributed by atoms with Gasteiger partial charge in [-0.25, -0.2) is 9.99 Å². The monoisotopic (exact) mass is 306 g/mol. The number of aromatic nitrogens is 1. The number of nitrogens with one attached hydrogen (secondary N) is 1. The zero-order valence-corrected chi connectivity index (χ0v) is 12.9. The minimum absolute atomic E-state index is 0.0261. The van der Waals surface area contributed by atoms with Gasteiger partial charge in [0.15, 0.2) is 0 Å². The van der Waals surface area contributed by atoms with Crippen molar-refractivity contribution in [2.24, 2.45) is 11.0 Å². The highest BCUT2D eigenvalue weighted by atomic mass is 32.1. The largest absolute Gasteiger partial charge is 0.341 e. The normalized spacial score (nSPS) is 20.2. The topological polar surface area (TPSA) is 74.7 Å². The molecule has 1 aromatic rings. The second-order valence-corrected chi connectivity index (χ2v) is 6.83. The molecule has 2 heterocycles. The molecule has 2 amide bonds. The molecule has 1 aliphatic carbocycles. The van der Waals surface area contributed by atoms with Crippen LogP contribution in [0.5, 0.6) is 0 Å². The van der Waals surface area contributed by atoms with E-state index in [-0.39, 0.29) is 17.9 Å². The van der Waals surface area contributed by atoms with E-state index in [1.807, 2.05) is 13.1 Å². The smallest absolute Gasteiger partial charge is 0.268 e. The average Bonchev–Trinajstić information content (AvgIpc) is 3.20. The molecule has 1 aliphatic heterocycles. The van der Waals surface area contributed by atoms with E-state index in [2.05, 4.69) is 15.4 Å². The summed E-state index contributed by atoms with van der Waals surface area (Å²) in [5, 5.41) is 9.33. The van der Waals surface area contributed by atoms with Crippen molar-refractivity contribution in [3.05, 3.63) is 16.1 Å². The number of carbonyl (C=O) groups is 2. The molecule has 2 aliphatic rings. The minimum Gasteiger partial charge on any atom is -0.341 e. The lowest BCUT2D eigenvalue weighted by atomic mass is 10.1. The van der Waals surface area contributed by atoms with Crippen LogP contribution in [0.3, 0.4) is 0 Å². The van der Waals surface area contributed by atoms with Crippen molar-refractivity contribution in [2.45, 2.75) is 38.6 Å². The summed E-state index contributed by atoms with van der Waals surface area (Å²) < 4.78 is 0. The van der Waals surface area contributed by atoms with E-state index in [1.54, 1.807) is 18.4 Å². The van der Waals surface area contributed by atoms with Gasteiger partial charge in [-0.3, -0.25) is 9.59 Å². The fourth-order valence-corrected chi connectivity index (χ4v) is 3.30. The van der Waals surface area contributed by atoms with Crippen LogP contribution in [0.4, 0.5) is 0 Å². The molecule has 0 radical (unpaired) electrons. The molecule has 1 N–H and O–H groups in total. The van der Waals surface area contributed by atoms with Crippen molar-refractivity contribution in [1.82, 2.24) is 15.3 Å². The summed E-state index contributed by atoms with van der Waals surface area (Å²) in [4.78, 5) is 29.3. The van der Waals surface area contributed by atoms with Gasteiger partial charge in [0.1, 0.15) is 10.7 Å². The summed E-state index contributed by atoms with van der Waals surface area (Å²) in [6, 6.07) is -0.0261. The number of hydrogen-bond acceptors (Lipinski definition) is 5. The Balaban J connectivity index is 1.73. The third-order valence-corrected chi connectivity index (χ3v) is 4.75. The number of hydrazone groups is 1. The average molecular weight is 306 g/mol. The Bertz CT molecular complexity index is 606. The van der Waals surface area contributed by atoms with Crippen LogP contribution in [0.25, 0.3) is 0 Å². The van der Waals surface area contributed by atoms with Crippen molar-refractivity contribution in [2.75, 3.05) is 7.05 Å². The Morgan fingerprint density at radius 3 is 2.81 bits per heavy atom. The molecule has 3 rings (SSSR count). The molecule has 1 fully saturated rings. The lowest BCUT2D eigenvalue weighted by molar-refractivity contribution is -0.130. The van der Waals surface area contributed by atoms with Crippen LogP contribution in [0.2, 0.25) is 0 Å². The number of aryl methyl sites for hydroxylation is 1. The van der Waals surface area contributed by atoms with Gasteiger partial charge in [-0.1, -0.05) is 0 Å². The first-order valence-electron chi connectivity index (χ1n) is 7.12. The molecule has 0 unspecified atom stereocenters. The first kappa shape index (κ1) is 14.2. The van der Waals surface area contributed by atoms with Gasteiger partial charge in [-0.2, -0.15) is 5.10 Å². The van der Waals surface area contributed by atoms with Crippen LogP contribution in [0.15, 0.2) is 11.3 Å². The SMILES string of the molecule is Cc1cnc([C@H](NC(=O)C2=NN(C)C(=O)CC2)C2CC2)s1. The van der Waals surface area contributed by atoms with Gasteiger partial charge < -0.3 is 5.32 Å². The van der Waals surface area contributed by atoms with E-state index in [1.165, 1.54) is 5.01 Å². The highest BCUT2D eigenvalue weighted by Crippen LogP contribution is 2.42. The Labute approximate surface area is 127 Å². The number of hydrogen-bond donors (Lipinski definition) is 1. The van der Waals surface area contributed by atoms with Crippen LogP contribution < -0.4 is 5.32 Å². The van der Waals surface area contributed by atoms with Crippen molar-refractivity contribution < 1.29 is 9.59 Å². The van der Waals surface area contributed by atoms with Gasteiger partial charge in [0, 0.05) is 31.0 Å². The molecule has 112 valence electrons. The Morgan fingerprint density at radius 1 is 1.48 bits per heavy atom. The first-order valence-corrected chi connectivity index (χ1v) is 7.93. The third kappa shape index (κ3) is 3.12. The van der Waals surface area contributed by atoms with Crippen molar-refractivity contribution in [1.29, 1.82) is 0 Å². The second kappa shape index (κ2) is 5.55. The lowest BCUT2D eigenvalue weighted by Gasteiger charge is -2.21. The van der Waals surface area contributed by atoms with Crippen LogP contribution in [0.1, 0.15) is 41.6 Å². The minimum atomic E-state index is -0.181. The molecule has 0 bridgehead atoms. The van der Waals surface area contributed by atoms with Gasteiger partial charge in [-0.15, -0.1) is 11.3 Å². The Morgan fingerprint density at radius 2 is 2.24 bits per heavy atom. The van der Waals surface area contributed by atoms with Crippen molar-refractivity contribution >= 4 is 28.9 Å². The molecular formula is C14H18N4O2S. The van der Waals surface area contributed by atoms with E-state index in [9.17, 15) is 9.59 Å². The fraction of sp³-hybridized carbons (Fsp3) is 0.571. The molecule has 6 nitrogen and oxygen atoms in total. The summed E-state index contributed by atoms with van der Waals surface area (Å²) in [6.45, 7) is 2.01. The molecule has 7 heteroatoms. The van der Waals surface area contributed by atoms with Gasteiger partial charge in [0.2, 0.25) is 5.91 Å². The van der Waals surface area contributed by atoms with Gasteiger partial charge in [0.25, 0.3) is 5.91 Å². The Kier molecular flexibility index (Phi) is 3.75. The van der Waals surface area contributed by atoms with Crippen LogP contribution in [-0.4, -0.2) is 34.6 Å². The number of amides is 2. The third-order valence-electron chi connectivity index (χ3n) is 3.75. The molecule has 0 aromatic carbocycles. The summed E-state index contributed by atoms with van der Waals surface area (Å²) in [5.41, 5.74) is 0.427. The van der Waals surface area contributed by atoms with Gasteiger partial charge in [0.05, 0.1) is 6.04 Å². The summed E-state index contributed by atoms with van der Waals surface area (Å²) in [6.07, 6.45) is 4.82. The molecule has 1 aromatic heterocycles. The van der Waals surface area contributed by atoms with E-state index in [0.29, 0.717) is 24.5 Å². The summed E-state index contributed by atoms with van der Waals surface area (Å²) >= 11 is 1.62. The second-order valence-electron chi connectivity index (χ2n) is 5.56. The zero-order chi connectivity index (χ0) is 15.0. The maximum absolute atomic E-state index is 12.4. The van der Waals surface area contributed by atoms with Crippen LogP contribution in [0, 0.1) is 12.8 Å². The van der Waals surface area contributed by atoms with Crippen LogP contribution in [-0.2, 0) is 9.59 Å². The van der Waals surface area contributed by atoms with Gasteiger partial charge >= 0.3 is 0 Å². The number of rotatable bonds is 4. The van der Waals surface area contributed by atoms with Crippen LogP contribution >= 0.6 is 11.3 Å². The predicted molar refractivity (Wildman–Crippen MR) is 79.9 cm³/mol. The molecule has 21 heavy (non-hydrogen) atoms. The summed E-state index contributed by atoms with van der Waals surface area (Å²) in [5.74, 6) is 0.239. The number of thiazole rings is 1. The molecule has 1 saturated carbocycles. The maximum atomic E-state index is 12.4. The number of nitrogens with zero attached hydrogens (tertiary/aromatic N) is 3. The Hall–Kier alpha value is -1.76. The lowest BCUT2D eigenvalue weighted by Crippen LogP contribution is -2.39. The van der Waals surface area contributed by atoms with E-state index in [0.717, 1.165) is 22.7 Å². The highest BCUT2D eigenvalue weighted by molar-refractivity contribution is 7.11. The van der Waals surface area contributed by atoms with E-state index < -0.39 is 0 Å². The maximum Gasteiger partial charge on any atom is 0.268 e. The quantitative estimate of drug-likeness (QED) is 0.918. The van der Waals surface area contributed by atoms with Crippen molar-refractivity contribution in [3.63, 3.8) is 0 Å². The molecule has 0 saturated heterocycles. The van der Waals surface area contributed by atoms with Crippen molar-refractivity contribution in [3.8, 4) is 0 Å². The highest BCUT2D eigenvalue weighted by Gasteiger charge is 2.36. The molecular weight excluding hydrogens is 288 g/mol. The zero-order valence-electron chi connectivity index (χ0n) is 12.1. The summed E-state index contributed by atoms with van der Waals surface area (Å²) in [7, 11) is 1.58. The number of carbonyl (C=O) groups excluding carboxylic acids is 2. The fourth-order valence-electron chi connectivity index (χ4n) is 2.38. The van der Waals surface area contributed by atoms with E-state index >= 15 is 0 Å². The molecule has 1 atom stereocenters. The molecule has 0 spiro atoms. The first-order chi connectivity index (χ1) is 10.0. The van der Waals surface area contributed by atoms with Gasteiger partial charge in [-0.05, 0) is 25.7 Å². The standard InChI is InChI=1S/C14H18N4O2S/c1-8-7-15-14(21-8)12(9-3-4-9)16-13(20)10-5-6-11(19)18(2)17-10/h7,9,12H,3-6H2,1-2H3,(H,16,20)/t12-/m1/s1. The predicted octanol–water partition coefficient (Wildman–Crippen LogP) is 1.63.